The quantitative estimate of drug-likeness (QED) is 0.307. The van der Waals surface area contributed by atoms with Crippen molar-refractivity contribution in [2.45, 2.75) is 0 Å². The largest absolute Gasteiger partial charge is 0.288 e. The van der Waals surface area contributed by atoms with E-state index in [1.807, 2.05) is 6.07 Å². The fourth-order valence-corrected chi connectivity index (χ4v) is 3.73. The van der Waals surface area contributed by atoms with Gasteiger partial charge in [-0.2, -0.15) is 0 Å². The predicted molar refractivity (Wildman–Crippen MR) is 101 cm³/mol. The fraction of sp³-hybridized carbons (Fsp3) is 0.0476. The molecule has 28 heavy (non-hydrogen) atoms. The van der Waals surface area contributed by atoms with E-state index in [-0.39, 0.29) is 22.5 Å². The van der Waals surface area contributed by atoms with E-state index in [9.17, 15) is 14.4 Å². The second-order valence-electron chi connectivity index (χ2n) is 6.50. The summed E-state index contributed by atoms with van der Waals surface area (Å²) in [5, 5.41) is 1.67. The van der Waals surface area contributed by atoms with Crippen molar-refractivity contribution in [1.82, 2.24) is 19.9 Å². The molecule has 0 atom stereocenters. The van der Waals surface area contributed by atoms with Crippen LogP contribution < -0.4 is 0 Å². The molecule has 134 valence electrons. The zero-order chi connectivity index (χ0) is 19.4. The molecule has 2 aromatic heterocycles. The lowest BCUT2D eigenvalue weighted by Gasteiger charge is -2.26. The highest BCUT2D eigenvalue weighted by molar-refractivity contribution is 6.35. The molecule has 0 saturated heterocycles. The van der Waals surface area contributed by atoms with Gasteiger partial charge in [0.2, 0.25) is 0 Å². The molecule has 0 unspecified atom stereocenters. The lowest BCUT2D eigenvalue weighted by atomic mass is 9.85. The number of imide groups is 1. The first kappa shape index (κ1) is 16.2. The highest BCUT2D eigenvalue weighted by atomic mass is 16.2. The second-order valence-corrected chi connectivity index (χ2v) is 6.50. The van der Waals surface area contributed by atoms with Gasteiger partial charge in [-0.15, -0.1) is 0 Å². The van der Waals surface area contributed by atoms with Gasteiger partial charge in [-0.3, -0.25) is 24.3 Å². The minimum atomic E-state index is -0.514. The van der Waals surface area contributed by atoms with Crippen LogP contribution in [0.5, 0.6) is 0 Å². The van der Waals surface area contributed by atoms with Crippen LogP contribution in [-0.4, -0.2) is 44.5 Å². The van der Waals surface area contributed by atoms with Gasteiger partial charge in [0.05, 0.1) is 16.6 Å². The zero-order valence-corrected chi connectivity index (χ0v) is 14.7. The Morgan fingerprint density at radius 1 is 0.964 bits per heavy atom. The highest BCUT2D eigenvalue weighted by Gasteiger charge is 2.35. The van der Waals surface area contributed by atoms with Gasteiger partial charge in [0.25, 0.3) is 11.8 Å². The molecule has 0 N–H and O–H groups in total. The van der Waals surface area contributed by atoms with Gasteiger partial charge in [-0.25, -0.2) is 9.97 Å². The lowest BCUT2D eigenvalue weighted by molar-refractivity contribution is 0.0648. The van der Waals surface area contributed by atoms with E-state index >= 15 is 0 Å². The normalized spacial score (nSPS) is 13.4. The summed E-state index contributed by atoms with van der Waals surface area (Å²) >= 11 is 0. The van der Waals surface area contributed by atoms with Crippen LogP contribution in [0.3, 0.4) is 0 Å². The van der Waals surface area contributed by atoms with Crippen molar-refractivity contribution in [2.24, 2.45) is 0 Å². The van der Waals surface area contributed by atoms with Gasteiger partial charge in [-0.1, -0.05) is 18.2 Å². The van der Waals surface area contributed by atoms with Crippen LogP contribution in [0.4, 0.5) is 0 Å². The van der Waals surface area contributed by atoms with E-state index in [0.29, 0.717) is 27.2 Å². The summed E-state index contributed by atoms with van der Waals surface area (Å²) in [7, 11) is 1.42. The number of aromatic nitrogens is 3. The average molecular weight is 368 g/mol. The average Bonchev–Trinajstić information content (AvgIpc) is 2.75. The third-order valence-electron chi connectivity index (χ3n) is 5.00. The van der Waals surface area contributed by atoms with E-state index in [0.717, 1.165) is 4.90 Å². The zero-order valence-electron chi connectivity index (χ0n) is 14.7. The van der Waals surface area contributed by atoms with Gasteiger partial charge >= 0.3 is 0 Å². The first-order valence-corrected chi connectivity index (χ1v) is 8.55. The minimum Gasteiger partial charge on any atom is -0.288 e. The molecule has 0 fully saturated rings. The summed E-state index contributed by atoms with van der Waals surface area (Å²) in [6.07, 6.45) is 5.76. The fourth-order valence-electron chi connectivity index (χ4n) is 3.73. The minimum absolute atomic E-state index is 0.210. The maximum Gasteiger partial charge on any atom is 0.261 e. The molecule has 0 radical (unpaired) electrons. The number of ketones is 1. The standard InChI is InChI=1S/C21H12N4O3/c1-25-20(27)14-5-2-4-12-15(14)17(21(25)28)16(13-6-3-7-24-18(12)13)19(26)11-8-22-10-23-9-11/h2-10H,1H3. The molecule has 2 aromatic carbocycles. The summed E-state index contributed by atoms with van der Waals surface area (Å²) in [6.45, 7) is 0. The van der Waals surface area contributed by atoms with Crippen LogP contribution in [0.25, 0.3) is 21.7 Å². The molecule has 0 aliphatic carbocycles. The number of carbonyl (C=O) groups excluding carboxylic acids is 3. The molecule has 5 rings (SSSR count). The van der Waals surface area contributed by atoms with E-state index in [2.05, 4.69) is 15.0 Å². The number of hydrogen-bond donors (Lipinski definition) is 0. The van der Waals surface area contributed by atoms with Crippen molar-refractivity contribution in [3.05, 3.63) is 77.5 Å². The van der Waals surface area contributed by atoms with E-state index in [1.165, 1.54) is 25.8 Å². The van der Waals surface area contributed by atoms with Crippen LogP contribution >= 0.6 is 0 Å². The Balaban J connectivity index is 2.02. The van der Waals surface area contributed by atoms with Gasteiger partial charge in [0.15, 0.2) is 5.78 Å². The molecule has 0 spiro atoms. The Bertz CT molecular complexity index is 1330. The number of benzene rings is 2. The molecule has 3 heterocycles. The Morgan fingerprint density at radius 2 is 1.71 bits per heavy atom. The Kier molecular flexibility index (Phi) is 3.33. The maximum atomic E-state index is 13.4. The van der Waals surface area contributed by atoms with Crippen molar-refractivity contribution < 1.29 is 14.4 Å². The van der Waals surface area contributed by atoms with Gasteiger partial charge in [-0.05, 0) is 12.1 Å². The van der Waals surface area contributed by atoms with Gasteiger partial charge < -0.3 is 0 Å². The summed E-state index contributed by atoms with van der Waals surface area (Å²) in [6, 6.07) is 8.69. The molecule has 2 amide bonds. The smallest absolute Gasteiger partial charge is 0.261 e. The molecule has 0 bridgehead atoms. The first-order valence-electron chi connectivity index (χ1n) is 8.55. The third-order valence-corrected chi connectivity index (χ3v) is 5.00. The summed E-state index contributed by atoms with van der Waals surface area (Å²) in [5.41, 5.74) is 1.62. The number of nitrogens with zero attached hydrogens (tertiary/aromatic N) is 4. The maximum absolute atomic E-state index is 13.4. The van der Waals surface area contributed by atoms with Crippen molar-refractivity contribution in [1.29, 1.82) is 0 Å². The van der Waals surface area contributed by atoms with Crippen LogP contribution in [0.1, 0.15) is 36.6 Å². The molecule has 0 saturated carbocycles. The van der Waals surface area contributed by atoms with Crippen molar-refractivity contribution in [3.8, 4) is 0 Å². The summed E-state index contributed by atoms with van der Waals surface area (Å²) < 4.78 is 0. The van der Waals surface area contributed by atoms with E-state index < -0.39 is 11.8 Å². The van der Waals surface area contributed by atoms with E-state index in [1.54, 1.807) is 30.5 Å². The molecular formula is C21H12N4O3. The Labute approximate surface area is 158 Å². The SMILES string of the molecule is CN1C(=O)c2cccc3c2c(c(C(=O)c2cncnc2)c2cccnc23)C1=O. The molecule has 7 heteroatoms. The predicted octanol–water partition coefficient (Wildman–Crippen LogP) is 2.63. The summed E-state index contributed by atoms with van der Waals surface area (Å²) in [5.74, 6) is -1.30. The number of rotatable bonds is 2. The van der Waals surface area contributed by atoms with Crippen molar-refractivity contribution in [2.75, 3.05) is 7.05 Å². The van der Waals surface area contributed by atoms with Gasteiger partial charge in [0.1, 0.15) is 6.33 Å². The number of fused-ring (bicyclic) bond motifs is 2. The van der Waals surface area contributed by atoms with Crippen LogP contribution in [0, 0.1) is 0 Å². The van der Waals surface area contributed by atoms with Crippen molar-refractivity contribution in [3.63, 3.8) is 0 Å². The van der Waals surface area contributed by atoms with Gasteiger partial charge in [0, 0.05) is 52.9 Å². The number of carbonyl (C=O) groups is 3. The first-order chi connectivity index (χ1) is 13.6. The van der Waals surface area contributed by atoms with Crippen molar-refractivity contribution >= 4 is 39.3 Å². The van der Waals surface area contributed by atoms with Crippen LogP contribution in [-0.2, 0) is 0 Å². The lowest BCUT2D eigenvalue weighted by Crippen LogP contribution is -2.38. The number of amides is 2. The summed E-state index contributed by atoms with van der Waals surface area (Å²) in [4.78, 5) is 52.5. The van der Waals surface area contributed by atoms with E-state index in [4.69, 9.17) is 0 Å². The molecular weight excluding hydrogens is 356 g/mol. The molecule has 7 nitrogen and oxygen atoms in total. The number of pyridine rings is 1. The molecule has 1 aliphatic rings. The Morgan fingerprint density at radius 3 is 2.50 bits per heavy atom. The topological polar surface area (TPSA) is 93.1 Å². The Hall–Kier alpha value is -4.00. The highest BCUT2D eigenvalue weighted by Crippen LogP contribution is 2.38. The monoisotopic (exact) mass is 368 g/mol. The van der Waals surface area contributed by atoms with Crippen LogP contribution in [0.2, 0.25) is 0 Å². The second kappa shape index (κ2) is 5.75. The molecule has 4 aromatic rings. The van der Waals surface area contributed by atoms with Crippen LogP contribution in [0.15, 0.2) is 55.2 Å². The third kappa shape index (κ3) is 2.04. The molecule has 1 aliphatic heterocycles. The number of hydrogen-bond acceptors (Lipinski definition) is 6.